The Hall–Kier alpha value is -2.10. The van der Waals surface area contributed by atoms with Gasteiger partial charge in [-0.05, 0) is 30.9 Å². The minimum absolute atomic E-state index is 0.342. The van der Waals surface area contributed by atoms with Crippen LogP contribution in [0, 0.1) is 13.8 Å². The molecular formula is C15H19N3O. The topological polar surface area (TPSA) is 61.0 Å². The Bertz CT molecular complexity index is 594. The summed E-state index contributed by atoms with van der Waals surface area (Å²) >= 11 is 0. The summed E-state index contributed by atoms with van der Waals surface area (Å²) in [6.07, 6.45) is 1.53. The Morgan fingerprint density at radius 3 is 2.47 bits per heavy atom. The molecule has 0 spiro atoms. The average Bonchev–Trinajstić information content (AvgIpc) is 2.36. The largest absolute Gasteiger partial charge is 0.439 e. The van der Waals surface area contributed by atoms with E-state index >= 15 is 0 Å². The molecular weight excluding hydrogens is 238 g/mol. The molecule has 0 unspecified atom stereocenters. The first-order valence-corrected chi connectivity index (χ1v) is 6.34. The predicted octanol–water partition coefficient (Wildman–Crippen LogP) is 3.59. The van der Waals surface area contributed by atoms with Gasteiger partial charge in [0.05, 0.1) is 5.69 Å². The van der Waals surface area contributed by atoms with Gasteiger partial charge >= 0.3 is 0 Å². The van der Waals surface area contributed by atoms with Crippen LogP contribution >= 0.6 is 0 Å². The molecule has 1 heterocycles. The van der Waals surface area contributed by atoms with Crippen molar-refractivity contribution in [2.75, 3.05) is 5.73 Å². The van der Waals surface area contributed by atoms with E-state index in [4.69, 9.17) is 10.5 Å². The van der Waals surface area contributed by atoms with Gasteiger partial charge in [-0.15, -0.1) is 0 Å². The van der Waals surface area contributed by atoms with Crippen LogP contribution in [0.1, 0.15) is 36.6 Å². The lowest BCUT2D eigenvalue weighted by molar-refractivity contribution is 0.456. The van der Waals surface area contributed by atoms with Crippen molar-refractivity contribution >= 4 is 5.69 Å². The van der Waals surface area contributed by atoms with Gasteiger partial charge in [-0.2, -0.15) is 0 Å². The summed E-state index contributed by atoms with van der Waals surface area (Å²) in [6.45, 7) is 8.14. The molecule has 0 saturated heterocycles. The maximum Gasteiger partial charge on any atom is 0.222 e. The number of aryl methyl sites for hydroxylation is 2. The Balaban J connectivity index is 2.31. The monoisotopic (exact) mass is 257 g/mol. The second-order valence-corrected chi connectivity index (χ2v) is 5.01. The van der Waals surface area contributed by atoms with Crippen LogP contribution in [0.25, 0.3) is 0 Å². The smallest absolute Gasteiger partial charge is 0.222 e. The number of aromatic nitrogens is 2. The molecule has 0 aliphatic heterocycles. The number of nitrogen functional groups attached to an aromatic ring is 1. The van der Waals surface area contributed by atoms with E-state index in [2.05, 4.69) is 23.8 Å². The van der Waals surface area contributed by atoms with Crippen LogP contribution in [-0.2, 0) is 0 Å². The number of hydrogen-bond acceptors (Lipinski definition) is 4. The summed E-state index contributed by atoms with van der Waals surface area (Å²) < 4.78 is 5.80. The van der Waals surface area contributed by atoms with Gasteiger partial charge in [0.25, 0.3) is 0 Å². The van der Waals surface area contributed by atoms with Crippen molar-refractivity contribution < 1.29 is 4.74 Å². The summed E-state index contributed by atoms with van der Waals surface area (Å²) in [6, 6.07) is 5.71. The van der Waals surface area contributed by atoms with E-state index < -0.39 is 0 Å². The molecule has 19 heavy (non-hydrogen) atoms. The van der Waals surface area contributed by atoms with Crippen molar-refractivity contribution in [2.24, 2.45) is 0 Å². The van der Waals surface area contributed by atoms with E-state index in [-0.39, 0.29) is 0 Å². The van der Waals surface area contributed by atoms with Crippen LogP contribution in [-0.4, -0.2) is 9.97 Å². The van der Waals surface area contributed by atoms with Crippen LogP contribution < -0.4 is 10.5 Å². The van der Waals surface area contributed by atoms with E-state index in [1.807, 2.05) is 32.0 Å². The highest BCUT2D eigenvalue weighted by Gasteiger charge is 2.08. The van der Waals surface area contributed by atoms with Gasteiger partial charge in [0.2, 0.25) is 5.88 Å². The maximum atomic E-state index is 5.91. The molecule has 0 fully saturated rings. The Morgan fingerprint density at radius 1 is 1.05 bits per heavy atom. The molecule has 1 aromatic heterocycles. The van der Waals surface area contributed by atoms with Crippen LogP contribution in [0.5, 0.6) is 11.6 Å². The van der Waals surface area contributed by atoms with Crippen molar-refractivity contribution in [3.63, 3.8) is 0 Å². The lowest BCUT2D eigenvalue weighted by Crippen LogP contribution is -1.98. The van der Waals surface area contributed by atoms with Gasteiger partial charge in [0.1, 0.15) is 12.1 Å². The number of nitrogens with zero attached hydrogens (tertiary/aromatic N) is 2. The van der Waals surface area contributed by atoms with Crippen molar-refractivity contribution in [1.82, 2.24) is 9.97 Å². The highest BCUT2D eigenvalue weighted by atomic mass is 16.5. The second kappa shape index (κ2) is 5.26. The molecule has 0 radical (unpaired) electrons. The summed E-state index contributed by atoms with van der Waals surface area (Å²) in [4.78, 5) is 8.35. The van der Waals surface area contributed by atoms with E-state index in [1.54, 1.807) is 0 Å². The van der Waals surface area contributed by atoms with Crippen LogP contribution in [0.4, 0.5) is 5.69 Å². The lowest BCUT2D eigenvalue weighted by atomic mass is 10.1. The van der Waals surface area contributed by atoms with Crippen LogP contribution in [0.15, 0.2) is 24.5 Å². The molecule has 100 valence electrons. The summed E-state index contributed by atoms with van der Waals surface area (Å²) in [5.74, 6) is 1.62. The van der Waals surface area contributed by atoms with Crippen LogP contribution in [0.2, 0.25) is 0 Å². The molecule has 1 aromatic carbocycles. The van der Waals surface area contributed by atoms with Gasteiger partial charge in [0, 0.05) is 17.8 Å². The van der Waals surface area contributed by atoms with Crippen LogP contribution in [0.3, 0.4) is 0 Å². The van der Waals surface area contributed by atoms with E-state index in [0.29, 0.717) is 11.8 Å². The molecule has 0 aliphatic rings. The third-order valence-corrected chi connectivity index (χ3v) is 3.03. The fourth-order valence-corrected chi connectivity index (χ4v) is 1.80. The molecule has 0 bridgehead atoms. The Labute approximate surface area is 113 Å². The Morgan fingerprint density at radius 2 is 1.79 bits per heavy atom. The van der Waals surface area contributed by atoms with Gasteiger partial charge in [-0.1, -0.05) is 19.9 Å². The van der Waals surface area contributed by atoms with Crippen molar-refractivity contribution in [1.29, 1.82) is 0 Å². The SMILES string of the molecule is Cc1cc(C)c(Oc2cc(C(C)C)ncn2)cc1N. The van der Waals surface area contributed by atoms with Crippen molar-refractivity contribution in [3.8, 4) is 11.6 Å². The van der Waals surface area contributed by atoms with Crippen molar-refractivity contribution in [3.05, 3.63) is 41.3 Å². The van der Waals surface area contributed by atoms with E-state index in [9.17, 15) is 0 Å². The van der Waals surface area contributed by atoms with E-state index in [1.165, 1.54) is 6.33 Å². The van der Waals surface area contributed by atoms with Gasteiger partial charge in [0.15, 0.2) is 0 Å². The number of hydrogen-bond donors (Lipinski definition) is 1. The number of anilines is 1. The second-order valence-electron chi connectivity index (χ2n) is 5.01. The summed E-state index contributed by atoms with van der Waals surface area (Å²) in [7, 11) is 0. The first kappa shape index (κ1) is 13.3. The number of rotatable bonds is 3. The molecule has 4 heteroatoms. The zero-order chi connectivity index (χ0) is 14.0. The molecule has 4 nitrogen and oxygen atoms in total. The lowest BCUT2D eigenvalue weighted by Gasteiger charge is -2.11. The number of benzene rings is 1. The summed E-state index contributed by atoms with van der Waals surface area (Å²) in [5.41, 5.74) is 9.68. The fourth-order valence-electron chi connectivity index (χ4n) is 1.80. The molecule has 2 N–H and O–H groups in total. The molecule has 2 rings (SSSR count). The molecule has 0 amide bonds. The highest BCUT2D eigenvalue weighted by Crippen LogP contribution is 2.28. The zero-order valence-electron chi connectivity index (χ0n) is 11.8. The van der Waals surface area contributed by atoms with E-state index in [0.717, 1.165) is 28.3 Å². The molecule has 0 saturated carbocycles. The van der Waals surface area contributed by atoms with Gasteiger partial charge in [-0.3, -0.25) is 0 Å². The molecule has 0 aliphatic carbocycles. The minimum atomic E-state index is 0.342. The van der Waals surface area contributed by atoms with Crippen molar-refractivity contribution in [2.45, 2.75) is 33.6 Å². The first-order chi connectivity index (χ1) is 8.97. The third kappa shape index (κ3) is 3.02. The number of ether oxygens (including phenoxy) is 1. The minimum Gasteiger partial charge on any atom is -0.439 e. The summed E-state index contributed by atoms with van der Waals surface area (Å²) in [5, 5.41) is 0. The Kier molecular flexibility index (Phi) is 3.69. The zero-order valence-corrected chi connectivity index (χ0v) is 11.8. The standard InChI is InChI=1S/C15H19N3O/c1-9(2)13-7-15(18-8-17-13)19-14-6-12(16)10(3)5-11(14)4/h5-9H,16H2,1-4H3. The predicted molar refractivity (Wildman–Crippen MR) is 76.5 cm³/mol. The normalized spacial score (nSPS) is 10.8. The third-order valence-electron chi connectivity index (χ3n) is 3.03. The highest BCUT2D eigenvalue weighted by molar-refractivity contribution is 5.54. The average molecular weight is 257 g/mol. The quantitative estimate of drug-likeness (QED) is 0.853. The first-order valence-electron chi connectivity index (χ1n) is 6.34. The van der Waals surface area contributed by atoms with Gasteiger partial charge in [-0.25, -0.2) is 9.97 Å². The fraction of sp³-hybridized carbons (Fsp3) is 0.333. The maximum absolute atomic E-state index is 5.91. The van der Waals surface area contributed by atoms with Gasteiger partial charge < -0.3 is 10.5 Å². The number of nitrogens with two attached hydrogens (primary N) is 1. The molecule has 2 aromatic rings. The molecule has 0 atom stereocenters.